The van der Waals surface area contributed by atoms with E-state index in [1.807, 2.05) is 13.0 Å². The van der Waals surface area contributed by atoms with E-state index in [2.05, 4.69) is 0 Å². The van der Waals surface area contributed by atoms with E-state index < -0.39 is 11.6 Å². The van der Waals surface area contributed by atoms with Crippen LogP contribution >= 0.6 is 11.6 Å². The van der Waals surface area contributed by atoms with Crippen molar-refractivity contribution in [1.29, 1.82) is 0 Å². The summed E-state index contributed by atoms with van der Waals surface area (Å²) in [6, 6.07) is 8.71. The zero-order chi connectivity index (χ0) is 15.2. The second-order valence-electron chi connectivity index (χ2n) is 4.37. The van der Waals surface area contributed by atoms with Crippen molar-refractivity contribution < 1.29 is 18.3 Å². The third kappa shape index (κ3) is 4.08. The maximum atomic E-state index is 13.6. The first-order chi connectivity index (χ1) is 10.1. The Morgan fingerprint density at radius 1 is 1.00 bits per heavy atom. The predicted octanol–water partition coefficient (Wildman–Crippen LogP) is 4.68. The van der Waals surface area contributed by atoms with Gasteiger partial charge in [0.1, 0.15) is 18.2 Å². The van der Waals surface area contributed by atoms with E-state index in [4.69, 9.17) is 21.1 Å². The lowest BCUT2D eigenvalue weighted by molar-refractivity contribution is 0.265. The van der Waals surface area contributed by atoms with Gasteiger partial charge in [-0.15, -0.1) is 11.6 Å². The second-order valence-corrected chi connectivity index (χ2v) is 4.64. The van der Waals surface area contributed by atoms with Gasteiger partial charge in [-0.1, -0.05) is 6.07 Å². The quantitative estimate of drug-likeness (QED) is 0.721. The van der Waals surface area contributed by atoms with Gasteiger partial charge in [0.05, 0.1) is 6.61 Å². The lowest BCUT2D eigenvalue weighted by Crippen LogP contribution is -2.02. The molecule has 0 aliphatic carbocycles. The summed E-state index contributed by atoms with van der Waals surface area (Å²) in [4.78, 5) is 0. The minimum Gasteiger partial charge on any atom is -0.490 e. The maximum Gasteiger partial charge on any atom is 0.161 e. The molecule has 0 aromatic heterocycles. The number of benzene rings is 2. The molecule has 112 valence electrons. The van der Waals surface area contributed by atoms with Crippen molar-refractivity contribution in [2.24, 2.45) is 0 Å². The molecule has 0 unspecified atom stereocenters. The molecular formula is C16H15ClF2O2. The van der Waals surface area contributed by atoms with Gasteiger partial charge in [0.25, 0.3) is 0 Å². The highest BCUT2D eigenvalue weighted by Gasteiger charge is 2.09. The molecule has 0 aliphatic heterocycles. The van der Waals surface area contributed by atoms with Gasteiger partial charge >= 0.3 is 0 Å². The Balaban J connectivity index is 2.15. The fraction of sp³-hybridized carbons (Fsp3) is 0.250. The van der Waals surface area contributed by atoms with Crippen LogP contribution in [0, 0.1) is 11.6 Å². The van der Waals surface area contributed by atoms with E-state index in [0.29, 0.717) is 24.0 Å². The summed E-state index contributed by atoms with van der Waals surface area (Å²) in [6.07, 6.45) is 0. The number of rotatable bonds is 6. The van der Waals surface area contributed by atoms with Crippen molar-refractivity contribution in [1.82, 2.24) is 0 Å². The summed E-state index contributed by atoms with van der Waals surface area (Å²) in [5.41, 5.74) is 1.18. The molecule has 0 fully saturated rings. The smallest absolute Gasteiger partial charge is 0.161 e. The fourth-order valence-corrected chi connectivity index (χ4v) is 1.98. The SMILES string of the molecule is CCOc1cc(CCl)ccc1OCc1ccc(F)cc1F. The standard InChI is InChI=1S/C16H15ClF2O2/c1-2-20-16-7-11(9-17)3-6-15(16)21-10-12-4-5-13(18)8-14(12)19/h3-8H,2,9-10H2,1H3. The zero-order valence-electron chi connectivity index (χ0n) is 11.5. The molecule has 0 saturated carbocycles. The van der Waals surface area contributed by atoms with Crippen molar-refractivity contribution in [3.63, 3.8) is 0 Å². The summed E-state index contributed by atoms with van der Waals surface area (Å²) >= 11 is 5.78. The molecule has 2 aromatic carbocycles. The molecule has 0 radical (unpaired) electrons. The van der Waals surface area contributed by atoms with Gasteiger partial charge < -0.3 is 9.47 Å². The zero-order valence-corrected chi connectivity index (χ0v) is 12.3. The number of ether oxygens (including phenoxy) is 2. The third-order valence-electron chi connectivity index (χ3n) is 2.86. The van der Waals surface area contributed by atoms with Gasteiger partial charge in [-0.3, -0.25) is 0 Å². The van der Waals surface area contributed by atoms with Crippen LogP contribution in [-0.4, -0.2) is 6.61 Å². The molecule has 0 atom stereocenters. The molecule has 0 amide bonds. The van der Waals surface area contributed by atoms with Gasteiger partial charge in [0.2, 0.25) is 0 Å². The van der Waals surface area contributed by atoms with Crippen molar-refractivity contribution >= 4 is 11.6 Å². The summed E-state index contributed by atoms with van der Waals surface area (Å²) in [7, 11) is 0. The second kappa shape index (κ2) is 7.27. The van der Waals surface area contributed by atoms with Gasteiger partial charge in [0, 0.05) is 17.5 Å². The Hall–Kier alpha value is -1.81. The van der Waals surface area contributed by atoms with Crippen molar-refractivity contribution in [3.05, 3.63) is 59.2 Å². The van der Waals surface area contributed by atoms with Crippen LogP contribution < -0.4 is 9.47 Å². The largest absolute Gasteiger partial charge is 0.490 e. The van der Waals surface area contributed by atoms with Crippen LogP contribution in [0.2, 0.25) is 0 Å². The lowest BCUT2D eigenvalue weighted by Gasteiger charge is -2.13. The van der Waals surface area contributed by atoms with Crippen LogP contribution in [0.25, 0.3) is 0 Å². The molecule has 0 heterocycles. The van der Waals surface area contributed by atoms with E-state index in [1.54, 1.807) is 12.1 Å². The van der Waals surface area contributed by atoms with Crippen LogP contribution in [0.1, 0.15) is 18.1 Å². The molecule has 2 aromatic rings. The summed E-state index contributed by atoms with van der Waals surface area (Å²) in [5, 5.41) is 0. The van der Waals surface area contributed by atoms with Crippen LogP contribution in [0.5, 0.6) is 11.5 Å². The Labute approximate surface area is 127 Å². The normalized spacial score (nSPS) is 10.5. The monoisotopic (exact) mass is 312 g/mol. The Bertz CT molecular complexity index is 617. The number of hydrogen-bond donors (Lipinski definition) is 0. The van der Waals surface area contributed by atoms with Crippen LogP contribution in [0.4, 0.5) is 8.78 Å². The molecular weight excluding hydrogens is 298 g/mol. The van der Waals surface area contributed by atoms with Crippen LogP contribution in [0.15, 0.2) is 36.4 Å². The molecule has 0 saturated heterocycles. The minimum absolute atomic E-state index is 0.00753. The van der Waals surface area contributed by atoms with Gasteiger partial charge in [-0.25, -0.2) is 8.78 Å². The minimum atomic E-state index is -0.634. The molecule has 5 heteroatoms. The highest BCUT2D eigenvalue weighted by Crippen LogP contribution is 2.30. The Morgan fingerprint density at radius 3 is 2.48 bits per heavy atom. The highest BCUT2D eigenvalue weighted by molar-refractivity contribution is 6.17. The molecule has 0 bridgehead atoms. The van der Waals surface area contributed by atoms with E-state index in [-0.39, 0.29) is 12.2 Å². The molecule has 0 aliphatic rings. The first-order valence-electron chi connectivity index (χ1n) is 6.52. The highest BCUT2D eigenvalue weighted by atomic mass is 35.5. The number of hydrogen-bond acceptors (Lipinski definition) is 2. The molecule has 21 heavy (non-hydrogen) atoms. The van der Waals surface area contributed by atoms with Crippen molar-refractivity contribution in [2.45, 2.75) is 19.4 Å². The van der Waals surface area contributed by atoms with E-state index in [1.165, 1.54) is 12.1 Å². The average Bonchev–Trinajstić information content (AvgIpc) is 2.47. The summed E-state index contributed by atoms with van der Waals surface area (Å²) < 4.78 is 37.4. The Morgan fingerprint density at radius 2 is 1.81 bits per heavy atom. The molecule has 0 N–H and O–H groups in total. The van der Waals surface area contributed by atoms with E-state index >= 15 is 0 Å². The van der Waals surface area contributed by atoms with Crippen molar-refractivity contribution in [3.8, 4) is 11.5 Å². The average molecular weight is 313 g/mol. The first kappa shape index (κ1) is 15.6. The lowest BCUT2D eigenvalue weighted by atomic mass is 10.2. The van der Waals surface area contributed by atoms with E-state index in [9.17, 15) is 8.78 Å². The molecule has 2 rings (SSSR count). The van der Waals surface area contributed by atoms with E-state index in [0.717, 1.165) is 11.6 Å². The third-order valence-corrected chi connectivity index (χ3v) is 3.17. The molecule has 2 nitrogen and oxygen atoms in total. The number of halogens is 3. The Kier molecular flexibility index (Phi) is 5.39. The topological polar surface area (TPSA) is 18.5 Å². The van der Waals surface area contributed by atoms with Gasteiger partial charge in [0.15, 0.2) is 11.5 Å². The summed E-state index contributed by atoms with van der Waals surface area (Å²) in [6.45, 7) is 2.33. The summed E-state index contributed by atoms with van der Waals surface area (Å²) in [5.74, 6) is 0.170. The van der Waals surface area contributed by atoms with Crippen molar-refractivity contribution in [2.75, 3.05) is 6.61 Å². The predicted molar refractivity (Wildman–Crippen MR) is 77.9 cm³/mol. The maximum absolute atomic E-state index is 13.6. The fourth-order valence-electron chi connectivity index (χ4n) is 1.82. The van der Waals surface area contributed by atoms with Gasteiger partial charge in [-0.2, -0.15) is 0 Å². The number of alkyl halides is 1. The van der Waals surface area contributed by atoms with Crippen LogP contribution in [0.3, 0.4) is 0 Å². The van der Waals surface area contributed by atoms with Crippen LogP contribution in [-0.2, 0) is 12.5 Å². The molecule has 0 spiro atoms. The first-order valence-corrected chi connectivity index (χ1v) is 7.06. The van der Waals surface area contributed by atoms with Gasteiger partial charge in [-0.05, 0) is 36.8 Å².